The number of nitrogens with one attached hydrogen (secondary N) is 1. The molecule has 0 saturated heterocycles. The summed E-state index contributed by atoms with van der Waals surface area (Å²) in [5.41, 5.74) is 8.37. The van der Waals surface area contributed by atoms with Crippen LogP contribution in [-0.2, 0) is 0 Å². The first-order chi connectivity index (χ1) is 13.2. The molecule has 1 aromatic rings. The predicted molar refractivity (Wildman–Crippen MR) is 115 cm³/mol. The molecule has 5 nitrogen and oxygen atoms in total. The summed E-state index contributed by atoms with van der Waals surface area (Å²) in [5, 5.41) is 3.46. The number of rotatable bonds is 5. The molecule has 1 atom stereocenters. The van der Waals surface area contributed by atoms with E-state index in [0.717, 1.165) is 29.1 Å². The van der Waals surface area contributed by atoms with Gasteiger partial charge in [0.2, 0.25) is 0 Å². The normalized spacial score (nSPS) is 20.1. The zero-order valence-electron chi connectivity index (χ0n) is 16.2. The van der Waals surface area contributed by atoms with Crippen LogP contribution < -0.4 is 20.7 Å². The highest BCUT2D eigenvalue weighted by molar-refractivity contribution is 6.03. The van der Waals surface area contributed by atoms with Gasteiger partial charge in [0.05, 0.1) is 18.0 Å². The predicted octanol–water partition coefficient (Wildman–Crippen LogP) is 3.85. The van der Waals surface area contributed by atoms with E-state index in [-0.39, 0.29) is 6.04 Å². The summed E-state index contributed by atoms with van der Waals surface area (Å²) in [6.07, 6.45) is 19.4. The number of allylic oxidation sites excluding steroid dienone is 6. The second kappa shape index (κ2) is 10.7. The van der Waals surface area contributed by atoms with Crippen LogP contribution in [0.2, 0.25) is 0 Å². The van der Waals surface area contributed by atoms with Crippen LogP contribution in [0.15, 0.2) is 84.4 Å². The van der Waals surface area contributed by atoms with Gasteiger partial charge < -0.3 is 20.7 Å². The highest BCUT2D eigenvalue weighted by Crippen LogP contribution is 2.32. The van der Waals surface area contributed by atoms with Crippen LogP contribution in [0, 0.1) is 0 Å². The summed E-state index contributed by atoms with van der Waals surface area (Å²) in [6, 6.07) is 6.34. The molecular weight excluding hydrogens is 336 g/mol. The fourth-order valence-electron chi connectivity index (χ4n) is 2.60. The van der Waals surface area contributed by atoms with Gasteiger partial charge in [-0.25, -0.2) is 0 Å². The minimum atomic E-state index is 0.0757. The Bertz CT molecular complexity index is 786. The van der Waals surface area contributed by atoms with E-state index in [1.807, 2.05) is 50.7 Å². The van der Waals surface area contributed by atoms with Crippen molar-refractivity contribution in [1.29, 1.82) is 0 Å². The van der Waals surface area contributed by atoms with Crippen LogP contribution in [-0.4, -0.2) is 26.9 Å². The Kier molecular flexibility index (Phi) is 7.97. The van der Waals surface area contributed by atoms with Crippen LogP contribution in [0.4, 0.5) is 5.69 Å². The van der Waals surface area contributed by atoms with Gasteiger partial charge in [0.25, 0.3) is 0 Å². The zero-order valence-corrected chi connectivity index (χ0v) is 16.2. The second-order valence-electron chi connectivity index (χ2n) is 6.17. The van der Waals surface area contributed by atoms with Crippen molar-refractivity contribution in [3.63, 3.8) is 0 Å². The molecule has 0 bridgehead atoms. The molecule has 1 unspecified atom stereocenters. The van der Waals surface area contributed by atoms with Gasteiger partial charge >= 0.3 is 0 Å². The molecule has 3 N–H and O–H groups in total. The van der Waals surface area contributed by atoms with E-state index < -0.39 is 0 Å². The summed E-state index contributed by atoms with van der Waals surface area (Å²) in [6.45, 7) is 0. The molecule has 1 aromatic carbocycles. The molecule has 27 heavy (non-hydrogen) atoms. The third-order valence-electron chi connectivity index (χ3n) is 4.08. The summed E-state index contributed by atoms with van der Waals surface area (Å²) < 4.78 is 5.95. The number of nitrogens with zero attached hydrogens (tertiary/aromatic N) is 2. The SMILES string of the molecule is CN=C1C=COc2cc(N(C)C)ccc2C(N/C=C/C=C\C=C\N)C/C=C\1. The summed E-state index contributed by atoms with van der Waals surface area (Å²) >= 11 is 0. The molecular formula is C22H28N4O. The average Bonchev–Trinajstić information content (AvgIpc) is 2.68. The Labute approximate surface area is 161 Å². The number of nitrogens with two attached hydrogens (primary N) is 1. The largest absolute Gasteiger partial charge is 0.464 e. The van der Waals surface area contributed by atoms with E-state index in [2.05, 4.69) is 39.5 Å². The number of fused-ring (bicyclic) bond motifs is 1. The quantitative estimate of drug-likeness (QED) is 0.779. The van der Waals surface area contributed by atoms with Gasteiger partial charge in [0.1, 0.15) is 5.75 Å². The van der Waals surface area contributed by atoms with Crippen LogP contribution in [0.25, 0.3) is 0 Å². The topological polar surface area (TPSA) is 62.9 Å². The van der Waals surface area contributed by atoms with E-state index in [1.165, 1.54) is 6.20 Å². The molecule has 0 spiro atoms. The van der Waals surface area contributed by atoms with Crippen molar-refractivity contribution < 1.29 is 4.74 Å². The maximum absolute atomic E-state index is 5.95. The molecule has 0 saturated carbocycles. The van der Waals surface area contributed by atoms with Crippen molar-refractivity contribution in [1.82, 2.24) is 5.32 Å². The van der Waals surface area contributed by atoms with Crippen molar-refractivity contribution in [2.24, 2.45) is 10.7 Å². The lowest BCUT2D eigenvalue weighted by Gasteiger charge is -2.22. The molecule has 1 aliphatic heterocycles. The van der Waals surface area contributed by atoms with E-state index in [4.69, 9.17) is 10.5 Å². The maximum atomic E-state index is 5.95. The fourth-order valence-corrected chi connectivity index (χ4v) is 2.60. The average molecular weight is 364 g/mol. The smallest absolute Gasteiger partial charge is 0.133 e. The van der Waals surface area contributed by atoms with Gasteiger partial charge in [0, 0.05) is 38.5 Å². The van der Waals surface area contributed by atoms with Gasteiger partial charge in [-0.2, -0.15) is 0 Å². The van der Waals surface area contributed by atoms with Crippen LogP contribution in [0.5, 0.6) is 5.75 Å². The standard InChI is InChI=1S/C22H28N4O/c1-24-18-9-8-10-21(25-15-7-5-4-6-14-23)20-12-11-19(26(2)3)17-22(20)27-16-13-18/h4-9,11-17,21,25H,10,23H2,1-3H3/b5-4-,9-8-,14-6+,15-7+,16-13?,24-18?. The molecule has 5 heteroatoms. The number of anilines is 1. The first-order valence-corrected chi connectivity index (χ1v) is 8.89. The van der Waals surface area contributed by atoms with Gasteiger partial charge in [0.15, 0.2) is 0 Å². The van der Waals surface area contributed by atoms with Crippen molar-refractivity contribution in [3.8, 4) is 5.75 Å². The highest BCUT2D eigenvalue weighted by atomic mass is 16.5. The second-order valence-corrected chi connectivity index (χ2v) is 6.17. The number of hydrogen-bond donors (Lipinski definition) is 2. The first kappa shape index (κ1) is 20.1. The van der Waals surface area contributed by atoms with E-state index in [0.29, 0.717) is 0 Å². The monoisotopic (exact) mass is 364 g/mol. The summed E-state index contributed by atoms with van der Waals surface area (Å²) in [5.74, 6) is 0.829. The lowest BCUT2D eigenvalue weighted by atomic mass is 10.0. The summed E-state index contributed by atoms with van der Waals surface area (Å²) in [4.78, 5) is 6.31. The van der Waals surface area contributed by atoms with Crippen LogP contribution in [0.3, 0.4) is 0 Å². The molecule has 0 amide bonds. The van der Waals surface area contributed by atoms with Gasteiger partial charge in [-0.1, -0.05) is 24.3 Å². The molecule has 1 aliphatic rings. The first-order valence-electron chi connectivity index (χ1n) is 8.89. The Hall–Kier alpha value is -3.21. The van der Waals surface area contributed by atoms with Crippen molar-refractivity contribution in [3.05, 3.63) is 85.0 Å². The molecule has 2 rings (SSSR count). The minimum absolute atomic E-state index is 0.0757. The van der Waals surface area contributed by atoms with Crippen molar-refractivity contribution >= 4 is 11.4 Å². The molecule has 1 heterocycles. The fraction of sp³-hybridized carbons (Fsp3) is 0.227. The van der Waals surface area contributed by atoms with Gasteiger partial charge in [-0.15, -0.1) is 0 Å². The maximum Gasteiger partial charge on any atom is 0.133 e. The van der Waals surface area contributed by atoms with E-state index in [9.17, 15) is 0 Å². The van der Waals surface area contributed by atoms with Crippen LogP contribution >= 0.6 is 0 Å². The lowest BCUT2D eigenvalue weighted by molar-refractivity contribution is 0.463. The van der Waals surface area contributed by atoms with Crippen LogP contribution in [0.1, 0.15) is 18.0 Å². The number of benzene rings is 1. The molecule has 0 aliphatic carbocycles. The summed E-state index contributed by atoms with van der Waals surface area (Å²) in [7, 11) is 5.81. The molecule has 0 fully saturated rings. The Morgan fingerprint density at radius 1 is 1.19 bits per heavy atom. The third kappa shape index (κ3) is 6.22. The Morgan fingerprint density at radius 3 is 2.74 bits per heavy atom. The highest BCUT2D eigenvalue weighted by Gasteiger charge is 2.16. The molecule has 0 radical (unpaired) electrons. The van der Waals surface area contributed by atoms with E-state index in [1.54, 1.807) is 19.4 Å². The molecule has 0 aromatic heterocycles. The van der Waals surface area contributed by atoms with Crippen molar-refractivity contribution in [2.75, 3.05) is 26.0 Å². The zero-order chi connectivity index (χ0) is 19.5. The number of hydrogen-bond acceptors (Lipinski definition) is 5. The minimum Gasteiger partial charge on any atom is -0.464 e. The molecule has 142 valence electrons. The Morgan fingerprint density at radius 2 is 2.00 bits per heavy atom. The van der Waals surface area contributed by atoms with Gasteiger partial charge in [-0.05, 0) is 49.2 Å². The van der Waals surface area contributed by atoms with Gasteiger partial charge in [-0.3, -0.25) is 4.99 Å². The Balaban J connectivity index is 2.32. The van der Waals surface area contributed by atoms with Crippen molar-refractivity contribution in [2.45, 2.75) is 12.5 Å². The third-order valence-corrected chi connectivity index (χ3v) is 4.08. The van der Waals surface area contributed by atoms with E-state index >= 15 is 0 Å². The number of ether oxygens (including phenoxy) is 1. The lowest BCUT2D eigenvalue weighted by Crippen LogP contribution is -2.17. The number of aliphatic imine (C=N–C) groups is 1.